The SMILES string of the molecule is CCc1ccc(CC(N)CCc2cccnc2)nc1. The molecule has 3 nitrogen and oxygen atoms in total. The molecule has 1 atom stereocenters. The van der Waals surface area contributed by atoms with Crippen molar-refractivity contribution in [1.82, 2.24) is 9.97 Å². The molecule has 100 valence electrons. The summed E-state index contributed by atoms with van der Waals surface area (Å²) in [6.45, 7) is 2.14. The molecule has 1 unspecified atom stereocenters. The topological polar surface area (TPSA) is 51.8 Å². The maximum Gasteiger partial charge on any atom is 0.0419 e. The van der Waals surface area contributed by atoms with Crippen LogP contribution in [0.4, 0.5) is 0 Å². The van der Waals surface area contributed by atoms with Crippen molar-refractivity contribution in [1.29, 1.82) is 0 Å². The first-order valence-corrected chi connectivity index (χ1v) is 6.86. The Hall–Kier alpha value is -1.74. The van der Waals surface area contributed by atoms with Gasteiger partial charge in [0, 0.05) is 36.7 Å². The van der Waals surface area contributed by atoms with E-state index in [4.69, 9.17) is 5.73 Å². The highest BCUT2D eigenvalue weighted by Crippen LogP contribution is 2.07. The van der Waals surface area contributed by atoms with Crippen molar-refractivity contribution in [2.75, 3.05) is 0 Å². The molecule has 0 radical (unpaired) electrons. The van der Waals surface area contributed by atoms with Crippen molar-refractivity contribution < 1.29 is 0 Å². The van der Waals surface area contributed by atoms with Crippen LogP contribution in [0.15, 0.2) is 42.9 Å². The minimum Gasteiger partial charge on any atom is -0.327 e. The molecule has 0 saturated heterocycles. The molecule has 0 aliphatic rings. The van der Waals surface area contributed by atoms with E-state index in [0.717, 1.165) is 31.4 Å². The zero-order valence-electron chi connectivity index (χ0n) is 11.4. The van der Waals surface area contributed by atoms with E-state index >= 15 is 0 Å². The summed E-state index contributed by atoms with van der Waals surface area (Å²) in [5.74, 6) is 0. The van der Waals surface area contributed by atoms with Crippen LogP contribution in [0.1, 0.15) is 30.2 Å². The van der Waals surface area contributed by atoms with Gasteiger partial charge in [0.25, 0.3) is 0 Å². The number of nitrogens with zero attached hydrogens (tertiary/aromatic N) is 2. The molecule has 0 aliphatic heterocycles. The smallest absolute Gasteiger partial charge is 0.0419 e. The molecule has 0 aliphatic carbocycles. The van der Waals surface area contributed by atoms with E-state index in [1.165, 1.54) is 11.1 Å². The third-order valence-corrected chi connectivity index (χ3v) is 3.29. The molecule has 2 heterocycles. The lowest BCUT2D eigenvalue weighted by Crippen LogP contribution is -2.24. The lowest BCUT2D eigenvalue weighted by atomic mass is 10.0. The largest absolute Gasteiger partial charge is 0.327 e. The molecule has 2 rings (SSSR count). The van der Waals surface area contributed by atoms with Crippen LogP contribution in [0.3, 0.4) is 0 Å². The lowest BCUT2D eigenvalue weighted by Gasteiger charge is -2.11. The molecule has 3 heteroatoms. The highest BCUT2D eigenvalue weighted by atomic mass is 14.7. The maximum absolute atomic E-state index is 6.16. The second-order valence-electron chi connectivity index (χ2n) is 4.88. The van der Waals surface area contributed by atoms with Crippen LogP contribution < -0.4 is 5.73 Å². The van der Waals surface area contributed by atoms with Crippen LogP contribution in [-0.4, -0.2) is 16.0 Å². The lowest BCUT2D eigenvalue weighted by molar-refractivity contribution is 0.602. The van der Waals surface area contributed by atoms with Gasteiger partial charge in [-0.3, -0.25) is 9.97 Å². The number of rotatable bonds is 6. The highest BCUT2D eigenvalue weighted by Gasteiger charge is 2.06. The summed E-state index contributed by atoms with van der Waals surface area (Å²) in [5.41, 5.74) is 9.76. The summed E-state index contributed by atoms with van der Waals surface area (Å²) in [5, 5.41) is 0. The quantitative estimate of drug-likeness (QED) is 0.863. The van der Waals surface area contributed by atoms with Crippen LogP contribution in [-0.2, 0) is 19.3 Å². The monoisotopic (exact) mass is 255 g/mol. The van der Waals surface area contributed by atoms with Crippen molar-refractivity contribution >= 4 is 0 Å². The summed E-state index contributed by atoms with van der Waals surface area (Å²) in [6.07, 6.45) is 9.45. The Kier molecular flexibility index (Phi) is 5.04. The number of aryl methyl sites for hydroxylation is 2. The summed E-state index contributed by atoms with van der Waals surface area (Å²) in [4.78, 5) is 8.56. The highest BCUT2D eigenvalue weighted by molar-refractivity contribution is 5.15. The molecule has 0 spiro atoms. The Bertz CT molecular complexity index is 479. The van der Waals surface area contributed by atoms with Gasteiger partial charge in [-0.1, -0.05) is 19.1 Å². The van der Waals surface area contributed by atoms with Gasteiger partial charge >= 0.3 is 0 Å². The third kappa shape index (κ3) is 4.45. The summed E-state index contributed by atoms with van der Waals surface area (Å²) in [7, 11) is 0. The molecule has 0 saturated carbocycles. The average Bonchev–Trinajstić information content (AvgIpc) is 2.47. The van der Waals surface area contributed by atoms with E-state index in [9.17, 15) is 0 Å². The molecular formula is C16H21N3. The van der Waals surface area contributed by atoms with E-state index in [2.05, 4.69) is 35.1 Å². The van der Waals surface area contributed by atoms with Gasteiger partial charge < -0.3 is 5.73 Å². The Morgan fingerprint density at radius 1 is 1.16 bits per heavy atom. The van der Waals surface area contributed by atoms with Crippen LogP contribution >= 0.6 is 0 Å². The van der Waals surface area contributed by atoms with Crippen molar-refractivity contribution in [3.63, 3.8) is 0 Å². The minimum atomic E-state index is 0.153. The van der Waals surface area contributed by atoms with Crippen LogP contribution in [0.2, 0.25) is 0 Å². The maximum atomic E-state index is 6.16. The molecule has 0 aromatic carbocycles. The standard InChI is InChI=1S/C16H21N3/c1-2-13-6-8-16(19-12-13)10-15(17)7-5-14-4-3-9-18-11-14/h3-4,6,8-9,11-12,15H,2,5,7,10,17H2,1H3. The first-order valence-electron chi connectivity index (χ1n) is 6.86. The van der Waals surface area contributed by atoms with E-state index in [0.29, 0.717) is 0 Å². The number of nitrogens with two attached hydrogens (primary N) is 1. The van der Waals surface area contributed by atoms with Crippen molar-refractivity contribution in [3.8, 4) is 0 Å². The third-order valence-electron chi connectivity index (χ3n) is 3.29. The molecule has 2 aromatic heterocycles. The van der Waals surface area contributed by atoms with E-state index < -0.39 is 0 Å². The zero-order chi connectivity index (χ0) is 13.5. The molecule has 0 amide bonds. The number of aromatic nitrogens is 2. The van der Waals surface area contributed by atoms with E-state index in [1.54, 1.807) is 6.20 Å². The fourth-order valence-electron chi connectivity index (χ4n) is 2.05. The number of hydrogen-bond acceptors (Lipinski definition) is 3. The van der Waals surface area contributed by atoms with Crippen molar-refractivity contribution in [2.24, 2.45) is 5.73 Å². The van der Waals surface area contributed by atoms with Crippen LogP contribution in [0, 0.1) is 0 Å². The normalized spacial score (nSPS) is 12.3. The van der Waals surface area contributed by atoms with Gasteiger partial charge in [0.1, 0.15) is 0 Å². The van der Waals surface area contributed by atoms with Gasteiger partial charge in [0.05, 0.1) is 0 Å². The first kappa shape index (κ1) is 13.7. The second-order valence-corrected chi connectivity index (χ2v) is 4.88. The molecular weight excluding hydrogens is 234 g/mol. The Morgan fingerprint density at radius 2 is 2.05 bits per heavy atom. The van der Waals surface area contributed by atoms with Gasteiger partial charge in [-0.2, -0.15) is 0 Å². The summed E-state index contributed by atoms with van der Waals surface area (Å²) in [6, 6.07) is 8.43. The van der Waals surface area contributed by atoms with Crippen LogP contribution in [0.25, 0.3) is 0 Å². The summed E-state index contributed by atoms with van der Waals surface area (Å²) >= 11 is 0. The molecule has 2 N–H and O–H groups in total. The molecule has 0 fully saturated rings. The van der Waals surface area contributed by atoms with Crippen molar-refractivity contribution in [2.45, 2.75) is 38.6 Å². The second kappa shape index (κ2) is 7.00. The predicted molar refractivity (Wildman–Crippen MR) is 77.9 cm³/mol. The fraction of sp³-hybridized carbons (Fsp3) is 0.375. The van der Waals surface area contributed by atoms with Gasteiger partial charge in [-0.15, -0.1) is 0 Å². The Labute approximate surface area is 114 Å². The fourth-order valence-corrected chi connectivity index (χ4v) is 2.05. The molecule has 0 bridgehead atoms. The van der Waals surface area contributed by atoms with Crippen LogP contribution in [0.5, 0.6) is 0 Å². The molecule has 2 aromatic rings. The first-order chi connectivity index (χ1) is 9.28. The summed E-state index contributed by atoms with van der Waals surface area (Å²) < 4.78 is 0. The van der Waals surface area contributed by atoms with E-state index in [-0.39, 0.29) is 6.04 Å². The Balaban J connectivity index is 1.82. The van der Waals surface area contributed by atoms with Gasteiger partial charge in [0.15, 0.2) is 0 Å². The number of hydrogen-bond donors (Lipinski definition) is 1. The van der Waals surface area contributed by atoms with Gasteiger partial charge in [-0.05, 0) is 42.5 Å². The Morgan fingerprint density at radius 3 is 2.68 bits per heavy atom. The predicted octanol–water partition coefficient (Wildman–Crippen LogP) is 2.54. The van der Waals surface area contributed by atoms with E-state index in [1.807, 2.05) is 18.5 Å². The van der Waals surface area contributed by atoms with Gasteiger partial charge in [0.2, 0.25) is 0 Å². The molecule has 19 heavy (non-hydrogen) atoms. The zero-order valence-corrected chi connectivity index (χ0v) is 11.4. The van der Waals surface area contributed by atoms with Gasteiger partial charge in [-0.25, -0.2) is 0 Å². The number of pyridine rings is 2. The average molecular weight is 255 g/mol. The van der Waals surface area contributed by atoms with Crippen molar-refractivity contribution in [3.05, 3.63) is 59.7 Å². The minimum absolute atomic E-state index is 0.153.